The molecule has 0 bridgehead atoms. The van der Waals surface area contributed by atoms with Gasteiger partial charge in [-0.25, -0.2) is 0 Å². The van der Waals surface area contributed by atoms with Gasteiger partial charge in [0.1, 0.15) is 11.8 Å². The molecule has 1 amide bonds. The fraction of sp³-hybridized carbons (Fsp3) is 0.400. The molecule has 9 nitrogen and oxygen atoms in total. The first-order valence-corrected chi connectivity index (χ1v) is 11.4. The molecular weight excluding hydrogens is 434 g/mol. The van der Waals surface area contributed by atoms with Crippen molar-refractivity contribution in [1.29, 1.82) is 0 Å². The Hall–Kier alpha value is -3.43. The normalized spacial score (nSPS) is 15.9. The third-order valence-electron chi connectivity index (χ3n) is 6.46. The molecule has 0 spiro atoms. The summed E-state index contributed by atoms with van der Waals surface area (Å²) in [5.41, 5.74) is 5.21. The van der Waals surface area contributed by atoms with Crippen molar-refractivity contribution < 1.29 is 19.4 Å². The third-order valence-corrected chi connectivity index (χ3v) is 6.46. The smallest absolute Gasteiger partial charge is 0.325 e. The lowest BCUT2D eigenvalue weighted by atomic mass is 10.0. The summed E-state index contributed by atoms with van der Waals surface area (Å²) >= 11 is 0. The van der Waals surface area contributed by atoms with E-state index in [2.05, 4.69) is 20.2 Å². The van der Waals surface area contributed by atoms with E-state index in [1.807, 2.05) is 37.1 Å². The Labute approximate surface area is 198 Å². The van der Waals surface area contributed by atoms with E-state index < -0.39 is 12.0 Å². The van der Waals surface area contributed by atoms with Gasteiger partial charge in [0.15, 0.2) is 0 Å². The highest BCUT2D eigenvalue weighted by Crippen LogP contribution is 2.32. The highest BCUT2D eigenvalue weighted by Gasteiger charge is 2.32. The minimum absolute atomic E-state index is 0.168. The first-order chi connectivity index (χ1) is 16.3. The number of fused-ring (bicyclic) bond motifs is 1. The van der Waals surface area contributed by atoms with Gasteiger partial charge in [0, 0.05) is 85.3 Å². The molecule has 0 aliphatic carbocycles. The molecule has 1 aliphatic heterocycles. The fourth-order valence-electron chi connectivity index (χ4n) is 4.76. The number of pyridine rings is 1. The zero-order chi connectivity index (χ0) is 24.4. The molecule has 1 saturated heterocycles. The SMILES string of the molecule is COc1c(C)cnc(CN2CCN(C(C(=O)O)c3c[nH]c4ccc(NC(C)=O)cc34)CC2)c1C. The van der Waals surface area contributed by atoms with Crippen LogP contribution < -0.4 is 10.1 Å². The number of hydrogen-bond acceptors (Lipinski definition) is 6. The summed E-state index contributed by atoms with van der Waals surface area (Å²) in [4.78, 5) is 35.9. The Bertz CT molecular complexity index is 1210. The van der Waals surface area contributed by atoms with Crippen LogP contribution in [0.4, 0.5) is 5.69 Å². The minimum atomic E-state index is -0.889. The molecule has 4 rings (SSSR count). The Morgan fingerprint density at radius 2 is 1.97 bits per heavy atom. The van der Waals surface area contributed by atoms with Gasteiger partial charge in [-0.3, -0.25) is 24.4 Å². The second kappa shape index (κ2) is 9.82. The fourth-order valence-corrected chi connectivity index (χ4v) is 4.76. The summed E-state index contributed by atoms with van der Waals surface area (Å²) in [7, 11) is 1.67. The van der Waals surface area contributed by atoms with Crippen molar-refractivity contribution in [1.82, 2.24) is 19.8 Å². The summed E-state index contributed by atoms with van der Waals surface area (Å²) in [5.74, 6) is -0.189. The van der Waals surface area contributed by atoms with Crippen molar-refractivity contribution in [3.05, 3.63) is 53.0 Å². The minimum Gasteiger partial charge on any atom is -0.496 e. The van der Waals surface area contributed by atoms with Crippen molar-refractivity contribution in [2.24, 2.45) is 0 Å². The molecule has 2 aromatic heterocycles. The van der Waals surface area contributed by atoms with Crippen molar-refractivity contribution in [2.75, 3.05) is 38.6 Å². The van der Waals surface area contributed by atoms with Gasteiger partial charge >= 0.3 is 5.97 Å². The molecule has 1 fully saturated rings. The van der Waals surface area contributed by atoms with Gasteiger partial charge in [-0.2, -0.15) is 0 Å². The van der Waals surface area contributed by atoms with Gasteiger partial charge in [-0.15, -0.1) is 0 Å². The molecule has 0 saturated carbocycles. The average molecular weight is 466 g/mol. The number of aromatic amines is 1. The summed E-state index contributed by atoms with van der Waals surface area (Å²) < 4.78 is 5.53. The first kappa shape index (κ1) is 23.7. The van der Waals surface area contributed by atoms with E-state index in [4.69, 9.17) is 4.74 Å². The van der Waals surface area contributed by atoms with Crippen molar-refractivity contribution >= 4 is 28.5 Å². The number of rotatable bonds is 7. The number of carbonyl (C=O) groups is 2. The third kappa shape index (κ3) is 4.76. The molecule has 3 aromatic rings. The molecule has 34 heavy (non-hydrogen) atoms. The molecule has 1 unspecified atom stereocenters. The number of hydrogen-bond donors (Lipinski definition) is 3. The molecule has 1 aliphatic rings. The van der Waals surface area contributed by atoms with E-state index in [1.165, 1.54) is 6.92 Å². The second-order valence-corrected chi connectivity index (χ2v) is 8.78. The lowest BCUT2D eigenvalue weighted by molar-refractivity contribution is -0.144. The number of piperazine rings is 1. The number of carboxylic acids is 1. The Kier molecular flexibility index (Phi) is 6.85. The standard InChI is InChI=1S/C25H31N5O4/c1-15-12-26-22(16(2)24(15)34-4)14-29-7-9-30(10-8-29)23(25(32)33)20-13-27-21-6-5-18(11-19(20)21)28-17(3)31/h5-6,11-13,23,27H,7-10,14H2,1-4H3,(H,28,31)(H,32,33). The summed E-state index contributed by atoms with van der Waals surface area (Å²) in [5, 5.41) is 13.7. The van der Waals surface area contributed by atoms with E-state index in [-0.39, 0.29) is 5.91 Å². The predicted octanol–water partition coefficient (Wildman–Crippen LogP) is 3.09. The quantitative estimate of drug-likeness (QED) is 0.492. The van der Waals surface area contributed by atoms with E-state index in [1.54, 1.807) is 19.4 Å². The van der Waals surface area contributed by atoms with Crippen LogP contribution in [0.5, 0.6) is 5.75 Å². The van der Waals surface area contributed by atoms with E-state index in [9.17, 15) is 14.7 Å². The van der Waals surface area contributed by atoms with Crippen LogP contribution >= 0.6 is 0 Å². The van der Waals surface area contributed by atoms with Gasteiger partial charge in [0.25, 0.3) is 0 Å². The zero-order valence-corrected chi connectivity index (χ0v) is 20.0. The second-order valence-electron chi connectivity index (χ2n) is 8.78. The summed E-state index contributed by atoms with van der Waals surface area (Å²) in [6, 6.07) is 4.71. The van der Waals surface area contributed by atoms with E-state index in [0.717, 1.165) is 46.6 Å². The Morgan fingerprint density at radius 1 is 1.24 bits per heavy atom. The zero-order valence-electron chi connectivity index (χ0n) is 20.0. The van der Waals surface area contributed by atoms with Crippen LogP contribution in [0, 0.1) is 13.8 Å². The van der Waals surface area contributed by atoms with Crippen molar-refractivity contribution in [3.63, 3.8) is 0 Å². The number of benzene rings is 1. The number of H-pyrrole nitrogens is 1. The predicted molar refractivity (Wildman–Crippen MR) is 130 cm³/mol. The molecule has 1 aromatic carbocycles. The van der Waals surface area contributed by atoms with Crippen LogP contribution in [-0.2, 0) is 16.1 Å². The Morgan fingerprint density at radius 3 is 2.62 bits per heavy atom. The van der Waals surface area contributed by atoms with E-state index >= 15 is 0 Å². The van der Waals surface area contributed by atoms with Crippen LogP contribution in [0.25, 0.3) is 10.9 Å². The number of aryl methyl sites for hydroxylation is 1. The van der Waals surface area contributed by atoms with Crippen LogP contribution in [-0.4, -0.2) is 70.0 Å². The number of anilines is 1. The maximum absolute atomic E-state index is 12.4. The molecule has 9 heteroatoms. The molecular formula is C25H31N5O4. The number of nitrogens with one attached hydrogen (secondary N) is 2. The number of methoxy groups -OCH3 is 1. The summed E-state index contributed by atoms with van der Waals surface area (Å²) in [6.45, 7) is 8.87. The monoisotopic (exact) mass is 465 g/mol. The van der Waals surface area contributed by atoms with Gasteiger partial charge in [-0.1, -0.05) is 0 Å². The lowest BCUT2D eigenvalue weighted by Crippen LogP contribution is -2.49. The average Bonchev–Trinajstić information content (AvgIpc) is 3.19. The molecule has 1 atom stereocenters. The lowest BCUT2D eigenvalue weighted by Gasteiger charge is -2.37. The number of aliphatic carboxylic acids is 1. The largest absolute Gasteiger partial charge is 0.496 e. The topological polar surface area (TPSA) is 111 Å². The number of amides is 1. The molecule has 0 radical (unpaired) electrons. The van der Waals surface area contributed by atoms with Gasteiger partial charge in [0.05, 0.1) is 12.8 Å². The van der Waals surface area contributed by atoms with Crippen molar-refractivity contribution in [2.45, 2.75) is 33.4 Å². The van der Waals surface area contributed by atoms with E-state index in [0.29, 0.717) is 30.9 Å². The number of nitrogens with zero attached hydrogens (tertiary/aromatic N) is 3. The number of ether oxygens (including phenoxy) is 1. The number of carbonyl (C=O) groups excluding carboxylic acids is 1. The number of aromatic nitrogens is 2. The van der Waals surface area contributed by atoms with Crippen LogP contribution in [0.1, 0.15) is 35.3 Å². The van der Waals surface area contributed by atoms with Gasteiger partial charge in [-0.05, 0) is 32.0 Å². The maximum Gasteiger partial charge on any atom is 0.325 e. The number of carboxylic acid groups (broad SMARTS) is 1. The van der Waals surface area contributed by atoms with Crippen molar-refractivity contribution in [3.8, 4) is 5.75 Å². The van der Waals surface area contributed by atoms with Crippen LogP contribution in [0.3, 0.4) is 0 Å². The first-order valence-electron chi connectivity index (χ1n) is 11.4. The highest BCUT2D eigenvalue weighted by molar-refractivity contribution is 5.95. The maximum atomic E-state index is 12.4. The van der Waals surface area contributed by atoms with Gasteiger partial charge in [0.2, 0.25) is 5.91 Å². The molecule has 3 N–H and O–H groups in total. The van der Waals surface area contributed by atoms with Gasteiger partial charge < -0.3 is 20.1 Å². The molecule has 180 valence electrons. The summed E-state index contributed by atoms with van der Waals surface area (Å²) in [6.07, 6.45) is 3.60. The Balaban J connectivity index is 1.50. The molecule has 3 heterocycles. The highest BCUT2D eigenvalue weighted by atomic mass is 16.5. The van der Waals surface area contributed by atoms with Crippen LogP contribution in [0.2, 0.25) is 0 Å². The van der Waals surface area contributed by atoms with Crippen LogP contribution in [0.15, 0.2) is 30.6 Å².